The van der Waals surface area contributed by atoms with Crippen LogP contribution in [0, 0.1) is 6.92 Å². The minimum absolute atomic E-state index is 0.0643. The summed E-state index contributed by atoms with van der Waals surface area (Å²) in [6.07, 6.45) is 5.05. The highest BCUT2D eigenvalue weighted by atomic mass is 32.2. The number of amides is 1. The van der Waals surface area contributed by atoms with Gasteiger partial charge in [-0.15, -0.1) is 0 Å². The fraction of sp³-hybridized carbons (Fsp3) is 0.480. The van der Waals surface area contributed by atoms with Gasteiger partial charge in [-0.05, 0) is 70.1 Å². The van der Waals surface area contributed by atoms with E-state index >= 15 is 0 Å². The van der Waals surface area contributed by atoms with Gasteiger partial charge in [0, 0.05) is 6.54 Å². The Balaban J connectivity index is 1.42. The molecule has 2 aliphatic rings. The number of carbonyl (C=O) groups is 1. The SMILES string of the molecule is Cc1ccc(S(=O)(=O)N2CC(C(=O)NCCCN3CCCCCC3)Oc3ccccc32)cc1. The lowest BCUT2D eigenvalue weighted by Gasteiger charge is -2.34. The second kappa shape index (κ2) is 10.6. The van der Waals surface area contributed by atoms with E-state index in [0.29, 0.717) is 18.0 Å². The predicted molar refractivity (Wildman–Crippen MR) is 129 cm³/mol. The molecule has 0 aromatic heterocycles. The van der Waals surface area contributed by atoms with Gasteiger partial charge < -0.3 is 15.0 Å². The Kier molecular flexibility index (Phi) is 7.55. The number of benzene rings is 2. The van der Waals surface area contributed by atoms with Crippen LogP contribution >= 0.6 is 0 Å². The molecule has 0 aliphatic carbocycles. The van der Waals surface area contributed by atoms with Crippen LogP contribution in [0.4, 0.5) is 5.69 Å². The molecule has 0 radical (unpaired) electrons. The van der Waals surface area contributed by atoms with Crippen LogP contribution in [-0.2, 0) is 14.8 Å². The van der Waals surface area contributed by atoms with Crippen LogP contribution in [0.3, 0.4) is 0 Å². The highest BCUT2D eigenvalue weighted by Gasteiger charge is 2.37. The fourth-order valence-electron chi connectivity index (χ4n) is 4.39. The standard InChI is InChI=1S/C25H33N3O4S/c1-20-11-13-21(14-12-20)33(30,31)28-19-24(32-23-10-5-4-9-22(23)28)25(29)26-15-8-18-27-16-6-2-3-7-17-27/h4-5,9-14,24H,2-3,6-8,15-19H2,1H3,(H,26,29). The van der Waals surface area contributed by atoms with Gasteiger partial charge in [-0.2, -0.15) is 0 Å². The van der Waals surface area contributed by atoms with E-state index in [-0.39, 0.29) is 17.3 Å². The molecule has 7 nitrogen and oxygen atoms in total. The molecule has 1 unspecified atom stereocenters. The highest BCUT2D eigenvalue weighted by molar-refractivity contribution is 7.92. The monoisotopic (exact) mass is 471 g/mol. The summed E-state index contributed by atoms with van der Waals surface area (Å²) >= 11 is 0. The number of ether oxygens (including phenoxy) is 1. The van der Waals surface area contributed by atoms with Crippen molar-refractivity contribution in [3.05, 3.63) is 54.1 Å². The lowest BCUT2D eigenvalue weighted by molar-refractivity contribution is -0.127. The second-order valence-electron chi connectivity index (χ2n) is 8.82. The molecule has 2 aliphatic heterocycles. The molecule has 1 amide bonds. The quantitative estimate of drug-likeness (QED) is 0.627. The molecule has 1 saturated heterocycles. The van der Waals surface area contributed by atoms with Crippen molar-refractivity contribution >= 4 is 21.6 Å². The van der Waals surface area contributed by atoms with E-state index in [0.717, 1.165) is 31.6 Å². The summed E-state index contributed by atoms with van der Waals surface area (Å²) in [6.45, 7) is 5.60. The Morgan fingerprint density at radius 3 is 2.45 bits per heavy atom. The molecule has 4 rings (SSSR count). The number of aryl methyl sites for hydroxylation is 1. The Labute approximate surface area is 196 Å². The summed E-state index contributed by atoms with van der Waals surface area (Å²) in [4.78, 5) is 15.6. The Bertz CT molecular complexity index is 1050. The molecular weight excluding hydrogens is 438 g/mol. The van der Waals surface area contributed by atoms with Crippen molar-refractivity contribution in [1.29, 1.82) is 0 Å². The van der Waals surface area contributed by atoms with Gasteiger partial charge in [0.05, 0.1) is 17.1 Å². The number of likely N-dealkylation sites (tertiary alicyclic amines) is 1. The molecule has 0 spiro atoms. The summed E-state index contributed by atoms with van der Waals surface area (Å²) < 4.78 is 34.1. The summed E-state index contributed by atoms with van der Waals surface area (Å²) in [7, 11) is -3.84. The van der Waals surface area contributed by atoms with E-state index in [1.165, 1.54) is 30.0 Å². The number of para-hydroxylation sites is 2. The van der Waals surface area contributed by atoms with E-state index in [9.17, 15) is 13.2 Å². The van der Waals surface area contributed by atoms with E-state index in [4.69, 9.17) is 4.74 Å². The molecule has 1 atom stereocenters. The zero-order valence-electron chi connectivity index (χ0n) is 19.2. The highest BCUT2D eigenvalue weighted by Crippen LogP contribution is 2.36. The van der Waals surface area contributed by atoms with Crippen LogP contribution in [-0.4, -0.2) is 58.1 Å². The van der Waals surface area contributed by atoms with Crippen molar-refractivity contribution in [2.24, 2.45) is 0 Å². The maximum Gasteiger partial charge on any atom is 0.264 e. The van der Waals surface area contributed by atoms with Gasteiger partial charge in [0.15, 0.2) is 6.10 Å². The molecule has 1 fully saturated rings. The van der Waals surface area contributed by atoms with Crippen molar-refractivity contribution in [2.75, 3.05) is 37.0 Å². The number of rotatable bonds is 7. The summed E-state index contributed by atoms with van der Waals surface area (Å²) in [6, 6.07) is 13.7. The number of nitrogens with zero attached hydrogens (tertiary/aromatic N) is 2. The second-order valence-corrected chi connectivity index (χ2v) is 10.7. The topological polar surface area (TPSA) is 79.0 Å². The zero-order chi connectivity index (χ0) is 23.3. The fourth-order valence-corrected chi connectivity index (χ4v) is 5.87. The van der Waals surface area contributed by atoms with Gasteiger partial charge in [-0.3, -0.25) is 9.10 Å². The van der Waals surface area contributed by atoms with Crippen molar-refractivity contribution in [2.45, 2.75) is 50.0 Å². The Morgan fingerprint density at radius 1 is 1.03 bits per heavy atom. The molecule has 178 valence electrons. The van der Waals surface area contributed by atoms with E-state index in [1.807, 2.05) is 6.92 Å². The molecular formula is C25H33N3O4S. The normalized spacial score (nSPS) is 19.3. The first-order valence-electron chi connectivity index (χ1n) is 11.8. The number of nitrogens with one attached hydrogen (secondary N) is 1. The molecule has 2 aromatic rings. The van der Waals surface area contributed by atoms with E-state index < -0.39 is 16.1 Å². The van der Waals surface area contributed by atoms with Crippen molar-refractivity contribution in [1.82, 2.24) is 10.2 Å². The van der Waals surface area contributed by atoms with Crippen LogP contribution in [0.15, 0.2) is 53.4 Å². The van der Waals surface area contributed by atoms with Gasteiger partial charge in [0.2, 0.25) is 0 Å². The summed E-state index contributed by atoms with van der Waals surface area (Å²) in [5.74, 6) is 0.105. The number of hydrogen-bond donors (Lipinski definition) is 1. The average Bonchev–Trinajstić information content (AvgIpc) is 3.10. The molecule has 2 heterocycles. The van der Waals surface area contributed by atoms with Crippen LogP contribution < -0.4 is 14.4 Å². The van der Waals surface area contributed by atoms with Crippen LogP contribution in [0.25, 0.3) is 0 Å². The molecule has 2 aromatic carbocycles. The van der Waals surface area contributed by atoms with Gasteiger partial charge in [0.25, 0.3) is 15.9 Å². The van der Waals surface area contributed by atoms with Crippen LogP contribution in [0.5, 0.6) is 5.75 Å². The number of anilines is 1. The van der Waals surface area contributed by atoms with Crippen molar-refractivity contribution in [3.8, 4) is 5.75 Å². The van der Waals surface area contributed by atoms with Gasteiger partial charge in [-0.1, -0.05) is 42.7 Å². The number of carbonyl (C=O) groups excluding carboxylic acids is 1. The molecule has 1 N–H and O–H groups in total. The van der Waals surface area contributed by atoms with Gasteiger partial charge in [-0.25, -0.2) is 8.42 Å². The lowest BCUT2D eigenvalue weighted by atomic mass is 10.2. The van der Waals surface area contributed by atoms with Gasteiger partial charge >= 0.3 is 0 Å². The molecule has 8 heteroatoms. The molecule has 33 heavy (non-hydrogen) atoms. The minimum atomic E-state index is -3.84. The summed E-state index contributed by atoms with van der Waals surface area (Å²) in [5, 5.41) is 2.95. The van der Waals surface area contributed by atoms with E-state index in [1.54, 1.807) is 48.5 Å². The first-order valence-corrected chi connectivity index (χ1v) is 13.2. The van der Waals surface area contributed by atoms with Crippen LogP contribution in [0.2, 0.25) is 0 Å². The third-order valence-corrected chi connectivity index (χ3v) is 8.08. The van der Waals surface area contributed by atoms with Crippen molar-refractivity contribution < 1.29 is 17.9 Å². The maximum absolute atomic E-state index is 13.4. The third-order valence-electron chi connectivity index (χ3n) is 6.29. The summed E-state index contributed by atoms with van der Waals surface area (Å²) in [5.41, 5.74) is 1.43. The molecule has 0 saturated carbocycles. The maximum atomic E-state index is 13.4. The first-order chi connectivity index (χ1) is 15.9. The molecule has 0 bridgehead atoms. The van der Waals surface area contributed by atoms with E-state index in [2.05, 4.69) is 10.2 Å². The average molecular weight is 472 g/mol. The zero-order valence-corrected chi connectivity index (χ0v) is 20.0. The van der Waals surface area contributed by atoms with Gasteiger partial charge in [0.1, 0.15) is 5.75 Å². The lowest BCUT2D eigenvalue weighted by Crippen LogP contribution is -2.51. The van der Waals surface area contributed by atoms with Crippen LogP contribution in [0.1, 0.15) is 37.7 Å². The number of hydrogen-bond acceptors (Lipinski definition) is 5. The predicted octanol–water partition coefficient (Wildman–Crippen LogP) is 3.33. The Morgan fingerprint density at radius 2 is 1.73 bits per heavy atom. The smallest absolute Gasteiger partial charge is 0.264 e. The Hall–Kier alpha value is -2.58. The first kappa shape index (κ1) is 23.6. The number of fused-ring (bicyclic) bond motifs is 1. The van der Waals surface area contributed by atoms with Crippen molar-refractivity contribution in [3.63, 3.8) is 0 Å². The largest absolute Gasteiger partial charge is 0.476 e. The third kappa shape index (κ3) is 5.68. The number of sulfonamides is 1. The minimum Gasteiger partial charge on any atom is -0.476 e.